The molecule has 1 N–H and O–H groups in total. The van der Waals surface area contributed by atoms with Crippen molar-refractivity contribution in [2.75, 3.05) is 33.2 Å². The molecule has 2 heterocycles. The highest BCUT2D eigenvalue weighted by molar-refractivity contribution is 9.10. The zero-order valence-electron chi connectivity index (χ0n) is 10.6. The van der Waals surface area contributed by atoms with Gasteiger partial charge >= 0.3 is 0 Å². The molecule has 1 amide bonds. The number of rotatable bonds is 1. The van der Waals surface area contributed by atoms with Gasteiger partial charge in [0.25, 0.3) is 5.91 Å². The van der Waals surface area contributed by atoms with Gasteiger partial charge in [-0.3, -0.25) is 15.1 Å². The van der Waals surface area contributed by atoms with E-state index < -0.39 is 0 Å². The van der Waals surface area contributed by atoms with Gasteiger partial charge in [-0.1, -0.05) is 0 Å². The lowest BCUT2D eigenvalue weighted by molar-refractivity contribution is 0.0970. The van der Waals surface area contributed by atoms with Gasteiger partial charge in [0.15, 0.2) is 5.11 Å². The summed E-state index contributed by atoms with van der Waals surface area (Å²) in [5.74, 6) is -0.224. The van der Waals surface area contributed by atoms with Crippen LogP contribution in [0.15, 0.2) is 22.9 Å². The van der Waals surface area contributed by atoms with Gasteiger partial charge in [-0.15, -0.1) is 0 Å². The maximum absolute atomic E-state index is 12.0. The lowest BCUT2D eigenvalue weighted by Gasteiger charge is -2.33. The van der Waals surface area contributed by atoms with Crippen LogP contribution in [0, 0.1) is 0 Å². The summed E-state index contributed by atoms with van der Waals surface area (Å²) in [6.07, 6.45) is 3.16. The SMILES string of the molecule is CN1CCN(C(=S)NC(=O)c2cncc(Br)c2)CC1. The van der Waals surface area contributed by atoms with E-state index in [-0.39, 0.29) is 5.91 Å². The molecule has 102 valence electrons. The number of amides is 1. The number of nitrogens with one attached hydrogen (secondary N) is 1. The molecule has 7 heteroatoms. The van der Waals surface area contributed by atoms with E-state index in [1.807, 2.05) is 4.90 Å². The number of aromatic nitrogens is 1. The number of thiocarbonyl (C=S) groups is 1. The van der Waals surface area contributed by atoms with E-state index in [1.165, 1.54) is 6.20 Å². The summed E-state index contributed by atoms with van der Waals surface area (Å²) < 4.78 is 0.769. The zero-order valence-corrected chi connectivity index (χ0v) is 13.0. The standard InChI is InChI=1S/C12H15BrN4OS/c1-16-2-4-17(5-3-16)12(19)15-11(18)9-6-10(13)8-14-7-9/h6-8H,2-5H2,1H3,(H,15,18,19). The maximum atomic E-state index is 12.0. The molecule has 0 aliphatic carbocycles. The quantitative estimate of drug-likeness (QED) is 0.774. The Labute approximate surface area is 126 Å². The third-order valence-corrected chi connectivity index (χ3v) is 3.77. The predicted molar refractivity (Wildman–Crippen MR) is 81.1 cm³/mol. The Morgan fingerprint density at radius 2 is 2.05 bits per heavy atom. The molecule has 0 radical (unpaired) electrons. The van der Waals surface area contributed by atoms with Crippen molar-refractivity contribution in [2.45, 2.75) is 0 Å². The highest BCUT2D eigenvalue weighted by Gasteiger charge is 2.18. The van der Waals surface area contributed by atoms with Crippen molar-refractivity contribution < 1.29 is 4.79 Å². The second-order valence-electron chi connectivity index (χ2n) is 4.44. The second-order valence-corrected chi connectivity index (χ2v) is 5.74. The lowest BCUT2D eigenvalue weighted by atomic mass is 10.3. The van der Waals surface area contributed by atoms with Crippen LogP contribution < -0.4 is 5.32 Å². The Morgan fingerprint density at radius 1 is 1.37 bits per heavy atom. The number of pyridine rings is 1. The molecule has 1 aliphatic rings. The van der Waals surface area contributed by atoms with Crippen LogP contribution in [-0.4, -0.2) is 59.0 Å². The molecule has 1 aromatic heterocycles. The van der Waals surface area contributed by atoms with Crippen LogP contribution in [0.1, 0.15) is 10.4 Å². The largest absolute Gasteiger partial charge is 0.346 e. The monoisotopic (exact) mass is 342 g/mol. The number of hydrogen-bond donors (Lipinski definition) is 1. The molecule has 19 heavy (non-hydrogen) atoms. The van der Waals surface area contributed by atoms with Gasteiger partial charge in [0.1, 0.15) is 0 Å². The van der Waals surface area contributed by atoms with Crippen LogP contribution in [0.5, 0.6) is 0 Å². The van der Waals surface area contributed by atoms with Crippen molar-refractivity contribution in [3.63, 3.8) is 0 Å². The molecule has 1 saturated heterocycles. The molecular weight excluding hydrogens is 328 g/mol. The molecule has 0 bridgehead atoms. The summed E-state index contributed by atoms with van der Waals surface area (Å²) in [5, 5.41) is 3.23. The molecule has 0 saturated carbocycles. The van der Waals surface area contributed by atoms with Crippen molar-refractivity contribution in [2.24, 2.45) is 0 Å². The highest BCUT2D eigenvalue weighted by Crippen LogP contribution is 2.09. The normalized spacial score (nSPS) is 16.2. The number of likely N-dealkylation sites (N-methyl/N-ethyl adjacent to an activating group) is 1. The first kappa shape index (κ1) is 14.4. The summed E-state index contributed by atoms with van der Waals surface area (Å²) in [5.41, 5.74) is 0.492. The number of carbonyl (C=O) groups is 1. The van der Waals surface area contributed by atoms with Crippen LogP contribution in [-0.2, 0) is 0 Å². The number of piperazine rings is 1. The first-order valence-corrected chi connectivity index (χ1v) is 7.16. The topological polar surface area (TPSA) is 48.5 Å². The Kier molecular flexibility index (Phi) is 4.84. The molecular formula is C12H15BrN4OS. The smallest absolute Gasteiger partial charge is 0.259 e. The first-order valence-electron chi connectivity index (χ1n) is 5.95. The van der Waals surface area contributed by atoms with Gasteiger partial charge in [0, 0.05) is 43.0 Å². The Morgan fingerprint density at radius 3 is 2.68 bits per heavy atom. The summed E-state index contributed by atoms with van der Waals surface area (Å²) in [4.78, 5) is 20.2. The predicted octanol–water partition coefficient (Wildman–Crippen LogP) is 1.11. The molecule has 0 atom stereocenters. The molecule has 5 nitrogen and oxygen atoms in total. The van der Waals surface area contributed by atoms with Crippen molar-refractivity contribution in [1.29, 1.82) is 0 Å². The van der Waals surface area contributed by atoms with Gasteiger partial charge < -0.3 is 9.80 Å². The number of halogens is 1. The minimum absolute atomic E-state index is 0.224. The van der Waals surface area contributed by atoms with Crippen LogP contribution in [0.3, 0.4) is 0 Å². The molecule has 1 aliphatic heterocycles. The summed E-state index contributed by atoms with van der Waals surface area (Å²) >= 11 is 8.55. The van der Waals surface area contributed by atoms with E-state index in [2.05, 4.69) is 38.2 Å². The van der Waals surface area contributed by atoms with Gasteiger partial charge in [-0.05, 0) is 41.3 Å². The van der Waals surface area contributed by atoms with Gasteiger partial charge in [0.05, 0.1) is 5.56 Å². The summed E-state index contributed by atoms with van der Waals surface area (Å²) in [6, 6.07) is 1.72. The number of carbonyl (C=O) groups excluding carboxylic acids is 1. The summed E-state index contributed by atoms with van der Waals surface area (Å²) in [6.45, 7) is 3.58. The number of nitrogens with zero attached hydrogens (tertiary/aromatic N) is 3. The zero-order chi connectivity index (χ0) is 13.8. The van der Waals surface area contributed by atoms with Crippen molar-refractivity contribution in [1.82, 2.24) is 20.1 Å². The van der Waals surface area contributed by atoms with Crippen LogP contribution >= 0.6 is 28.1 Å². The Bertz CT molecular complexity index is 488. The van der Waals surface area contributed by atoms with E-state index >= 15 is 0 Å². The molecule has 1 fully saturated rings. The fraction of sp³-hybridized carbons (Fsp3) is 0.417. The molecule has 0 aromatic carbocycles. The molecule has 0 spiro atoms. The molecule has 2 rings (SSSR count). The van der Waals surface area contributed by atoms with Crippen molar-refractivity contribution in [3.05, 3.63) is 28.5 Å². The average molecular weight is 343 g/mol. The van der Waals surface area contributed by atoms with E-state index in [4.69, 9.17) is 12.2 Å². The number of hydrogen-bond acceptors (Lipinski definition) is 4. The first-order chi connectivity index (χ1) is 9.06. The molecule has 1 aromatic rings. The van der Waals surface area contributed by atoms with Crippen molar-refractivity contribution in [3.8, 4) is 0 Å². The third kappa shape index (κ3) is 3.95. The van der Waals surface area contributed by atoms with Gasteiger partial charge in [0.2, 0.25) is 0 Å². The fourth-order valence-corrected chi connectivity index (χ4v) is 2.43. The van der Waals surface area contributed by atoms with Crippen LogP contribution in [0.25, 0.3) is 0 Å². The average Bonchev–Trinajstić information content (AvgIpc) is 2.39. The van der Waals surface area contributed by atoms with Gasteiger partial charge in [-0.2, -0.15) is 0 Å². The van der Waals surface area contributed by atoms with E-state index in [1.54, 1.807) is 12.3 Å². The summed E-state index contributed by atoms with van der Waals surface area (Å²) in [7, 11) is 2.08. The second kappa shape index (κ2) is 6.40. The maximum Gasteiger partial charge on any atom is 0.259 e. The van der Waals surface area contributed by atoms with Crippen LogP contribution in [0.4, 0.5) is 0 Å². The minimum atomic E-state index is -0.224. The van der Waals surface area contributed by atoms with Crippen LogP contribution in [0.2, 0.25) is 0 Å². The van der Waals surface area contributed by atoms with E-state index in [0.717, 1.165) is 30.7 Å². The minimum Gasteiger partial charge on any atom is -0.346 e. The van der Waals surface area contributed by atoms with Crippen molar-refractivity contribution >= 4 is 39.2 Å². The fourth-order valence-electron chi connectivity index (χ4n) is 1.79. The highest BCUT2D eigenvalue weighted by atomic mass is 79.9. The Hall–Kier alpha value is -1.05. The lowest BCUT2D eigenvalue weighted by Crippen LogP contribution is -2.51. The third-order valence-electron chi connectivity index (χ3n) is 2.98. The Balaban J connectivity index is 1.93. The molecule has 0 unspecified atom stereocenters. The van der Waals surface area contributed by atoms with E-state index in [0.29, 0.717) is 10.7 Å². The van der Waals surface area contributed by atoms with Gasteiger partial charge in [-0.25, -0.2) is 0 Å². The van der Waals surface area contributed by atoms with E-state index in [9.17, 15) is 4.79 Å².